The van der Waals surface area contributed by atoms with Crippen molar-refractivity contribution in [3.8, 4) is 5.75 Å². The minimum absolute atomic E-state index is 0.137. The average molecular weight is 277 g/mol. The summed E-state index contributed by atoms with van der Waals surface area (Å²) in [5.41, 5.74) is 2.59. The fraction of sp³-hybridized carbons (Fsp3) is 0.143. The second-order valence-electron chi connectivity index (χ2n) is 4.29. The number of halogens is 1. The molecule has 0 aliphatic heterocycles. The SMILES string of the molecule is Cc1cc(O)ccc1C(=O)Nc1cnc(Cl)c(C)c1. The number of hydrogen-bond donors (Lipinski definition) is 2. The van der Waals surface area contributed by atoms with Crippen molar-refractivity contribution in [1.29, 1.82) is 0 Å². The summed E-state index contributed by atoms with van der Waals surface area (Å²) in [7, 11) is 0. The van der Waals surface area contributed by atoms with Crippen LogP contribution in [0.25, 0.3) is 0 Å². The molecule has 1 amide bonds. The summed E-state index contributed by atoms with van der Waals surface area (Å²) < 4.78 is 0. The first-order chi connectivity index (χ1) is 8.97. The third-order valence-electron chi connectivity index (χ3n) is 2.73. The van der Waals surface area contributed by atoms with Crippen LogP contribution in [0.2, 0.25) is 5.15 Å². The second kappa shape index (κ2) is 5.28. The Bertz CT molecular complexity index is 641. The number of benzene rings is 1. The number of carbonyl (C=O) groups excluding carboxylic acids is 1. The smallest absolute Gasteiger partial charge is 0.255 e. The summed E-state index contributed by atoms with van der Waals surface area (Å²) in [6, 6.07) is 6.35. The van der Waals surface area contributed by atoms with Crippen molar-refractivity contribution in [2.24, 2.45) is 0 Å². The predicted octanol–water partition coefficient (Wildman–Crippen LogP) is 3.31. The topological polar surface area (TPSA) is 62.2 Å². The first kappa shape index (κ1) is 13.4. The first-order valence-corrected chi connectivity index (χ1v) is 6.08. The van der Waals surface area contributed by atoms with Crippen molar-refractivity contribution in [3.63, 3.8) is 0 Å². The molecule has 0 radical (unpaired) electrons. The molecule has 0 fully saturated rings. The molecule has 2 rings (SSSR count). The molecule has 0 bridgehead atoms. The van der Waals surface area contributed by atoms with Gasteiger partial charge in [-0.25, -0.2) is 4.98 Å². The van der Waals surface area contributed by atoms with Crippen molar-refractivity contribution in [1.82, 2.24) is 4.98 Å². The number of phenolic OH excluding ortho intramolecular Hbond substituents is 1. The maximum absolute atomic E-state index is 12.1. The molecule has 0 saturated heterocycles. The molecule has 0 saturated carbocycles. The highest BCUT2D eigenvalue weighted by Crippen LogP contribution is 2.19. The molecule has 0 spiro atoms. The average Bonchev–Trinajstić information content (AvgIpc) is 2.33. The van der Waals surface area contributed by atoms with Crippen LogP contribution < -0.4 is 5.32 Å². The molecule has 1 aromatic carbocycles. The molecule has 98 valence electrons. The van der Waals surface area contributed by atoms with E-state index in [-0.39, 0.29) is 11.7 Å². The van der Waals surface area contributed by atoms with Crippen LogP contribution in [0.4, 0.5) is 5.69 Å². The monoisotopic (exact) mass is 276 g/mol. The van der Waals surface area contributed by atoms with Gasteiger partial charge in [0.1, 0.15) is 10.9 Å². The lowest BCUT2D eigenvalue weighted by Crippen LogP contribution is -2.13. The van der Waals surface area contributed by atoms with Crippen LogP contribution in [0, 0.1) is 13.8 Å². The summed E-state index contributed by atoms with van der Waals surface area (Å²) in [5.74, 6) is -0.112. The third kappa shape index (κ3) is 3.03. The highest BCUT2D eigenvalue weighted by molar-refractivity contribution is 6.30. The van der Waals surface area contributed by atoms with Gasteiger partial charge >= 0.3 is 0 Å². The lowest BCUT2D eigenvalue weighted by atomic mass is 10.1. The van der Waals surface area contributed by atoms with Gasteiger partial charge in [0.05, 0.1) is 11.9 Å². The maximum Gasteiger partial charge on any atom is 0.255 e. The number of aromatic nitrogens is 1. The number of nitrogens with one attached hydrogen (secondary N) is 1. The Balaban J connectivity index is 2.23. The molecule has 0 aliphatic rings. The summed E-state index contributed by atoms with van der Waals surface area (Å²) in [6.45, 7) is 3.58. The van der Waals surface area contributed by atoms with E-state index in [0.717, 1.165) is 5.56 Å². The van der Waals surface area contributed by atoms with Gasteiger partial charge in [-0.1, -0.05) is 11.6 Å². The normalized spacial score (nSPS) is 10.3. The molecular weight excluding hydrogens is 264 g/mol. The number of amides is 1. The molecular formula is C14H13ClN2O2. The highest BCUT2D eigenvalue weighted by atomic mass is 35.5. The van der Waals surface area contributed by atoms with Crippen molar-refractivity contribution < 1.29 is 9.90 Å². The van der Waals surface area contributed by atoms with Crippen LogP contribution in [0.5, 0.6) is 5.75 Å². The van der Waals surface area contributed by atoms with Crippen molar-refractivity contribution in [2.45, 2.75) is 13.8 Å². The van der Waals surface area contributed by atoms with E-state index in [2.05, 4.69) is 10.3 Å². The number of pyridine rings is 1. The van der Waals surface area contributed by atoms with Gasteiger partial charge in [-0.3, -0.25) is 4.79 Å². The predicted molar refractivity (Wildman–Crippen MR) is 74.8 cm³/mol. The molecule has 2 aromatic rings. The summed E-state index contributed by atoms with van der Waals surface area (Å²) in [4.78, 5) is 16.1. The Morgan fingerprint density at radius 3 is 2.63 bits per heavy atom. The maximum atomic E-state index is 12.1. The fourth-order valence-electron chi connectivity index (χ4n) is 1.73. The standard InChI is InChI=1S/C14H13ClN2O2/c1-8-6-11(18)3-4-12(8)14(19)17-10-5-9(2)13(15)16-7-10/h3-7,18H,1-2H3,(H,17,19). The van der Waals surface area contributed by atoms with E-state index >= 15 is 0 Å². The molecule has 19 heavy (non-hydrogen) atoms. The summed E-state index contributed by atoms with van der Waals surface area (Å²) >= 11 is 5.83. The number of anilines is 1. The molecule has 0 atom stereocenters. The van der Waals surface area contributed by atoms with E-state index in [0.29, 0.717) is 22.0 Å². The Labute approximate surface area is 116 Å². The molecule has 1 heterocycles. The minimum Gasteiger partial charge on any atom is -0.508 e. The molecule has 0 aliphatic carbocycles. The molecule has 0 unspecified atom stereocenters. The van der Waals surface area contributed by atoms with Crippen molar-refractivity contribution in [3.05, 3.63) is 52.3 Å². The quantitative estimate of drug-likeness (QED) is 0.827. The number of phenols is 1. The Kier molecular flexibility index (Phi) is 3.71. The highest BCUT2D eigenvalue weighted by Gasteiger charge is 2.10. The van der Waals surface area contributed by atoms with Gasteiger partial charge in [0.15, 0.2) is 0 Å². The van der Waals surface area contributed by atoms with E-state index in [9.17, 15) is 9.90 Å². The molecule has 1 aromatic heterocycles. The Hall–Kier alpha value is -2.07. The van der Waals surface area contributed by atoms with Crippen molar-refractivity contribution in [2.75, 3.05) is 5.32 Å². The number of hydrogen-bond acceptors (Lipinski definition) is 3. The van der Waals surface area contributed by atoms with Gasteiger partial charge in [0.25, 0.3) is 5.91 Å². The molecule has 4 nitrogen and oxygen atoms in total. The number of rotatable bonds is 2. The van der Waals surface area contributed by atoms with E-state index in [1.807, 2.05) is 6.92 Å². The van der Waals surface area contributed by atoms with Gasteiger partial charge in [-0.2, -0.15) is 0 Å². The molecule has 2 N–H and O–H groups in total. The second-order valence-corrected chi connectivity index (χ2v) is 4.64. The van der Waals surface area contributed by atoms with Gasteiger partial charge in [0.2, 0.25) is 0 Å². The van der Waals surface area contributed by atoms with E-state index in [4.69, 9.17) is 11.6 Å². The van der Waals surface area contributed by atoms with Crippen LogP contribution in [-0.2, 0) is 0 Å². The van der Waals surface area contributed by atoms with Gasteiger partial charge < -0.3 is 10.4 Å². The van der Waals surface area contributed by atoms with Crippen LogP contribution in [0.3, 0.4) is 0 Å². The largest absolute Gasteiger partial charge is 0.508 e. The fourth-order valence-corrected chi connectivity index (χ4v) is 1.83. The van der Waals surface area contributed by atoms with Crippen LogP contribution >= 0.6 is 11.6 Å². The van der Waals surface area contributed by atoms with E-state index < -0.39 is 0 Å². The Morgan fingerprint density at radius 2 is 2.00 bits per heavy atom. The minimum atomic E-state index is -0.249. The summed E-state index contributed by atoms with van der Waals surface area (Å²) in [6.07, 6.45) is 1.50. The lowest BCUT2D eigenvalue weighted by Gasteiger charge is -2.08. The van der Waals surface area contributed by atoms with E-state index in [1.54, 1.807) is 25.1 Å². The molecule has 5 heteroatoms. The Morgan fingerprint density at radius 1 is 1.26 bits per heavy atom. The van der Waals surface area contributed by atoms with Gasteiger partial charge in [-0.05, 0) is 49.2 Å². The van der Waals surface area contributed by atoms with Gasteiger partial charge in [0, 0.05) is 5.56 Å². The van der Waals surface area contributed by atoms with Crippen molar-refractivity contribution >= 4 is 23.2 Å². The zero-order chi connectivity index (χ0) is 14.0. The number of aryl methyl sites for hydroxylation is 2. The van der Waals surface area contributed by atoms with E-state index in [1.165, 1.54) is 12.3 Å². The van der Waals surface area contributed by atoms with Crippen LogP contribution in [0.15, 0.2) is 30.5 Å². The number of carbonyl (C=O) groups is 1. The van der Waals surface area contributed by atoms with Crippen LogP contribution in [-0.4, -0.2) is 16.0 Å². The number of aromatic hydroxyl groups is 1. The number of nitrogens with zero attached hydrogens (tertiary/aromatic N) is 1. The zero-order valence-corrected chi connectivity index (χ0v) is 11.3. The zero-order valence-electron chi connectivity index (χ0n) is 10.6. The first-order valence-electron chi connectivity index (χ1n) is 5.70. The third-order valence-corrected chi connectivity index (χ3v) is 3.12. The lowest BCUT2D eigenvalue weighted by molar-refractivity contribution is 0.102. The van der Waals surface area contributed by atoms with Crippen LogP contribution in [0.1, 0.15) is 21.5 Å². The summed E-state index contributed by atoms with van der Waals surface area (Å²) in [5, 5.41) is 12.5. The van der Waals surface area contributed by atoms with Gasteiger partial charge in [-0.15, -0.1) is 0 Å².